The smallest absolute Gasteiger partial charge is 0.416 e. The number of aliphatic carboxylic acids is 1. The van der Waals surface area contributed by atoms with E-state index in [9.17, 15) is 40.3 Å². The zero-order valence-electron chi connectivity index (χ0n) is 18.3. The molecule has 37 heavy (non-hydrogen) atoms. The second-order valence-electron chi connectivity index (χ2n) is 7.75. The summed E-state index contributed by atoms with van der Waals surface area (Å²) >= 11 is 5.80. The lowest BCUT2D eigenvalue weighted by molar-refractivity contribution is -0.158. The summed E-state index contributed by atoms with van der Waals surface area (Å²) in [5.74, 6) is -3.84. The number of aliphatic imine (C=N–C) groups is 1. The summed E-state index contributed by atoms with van der Waals surface area (Å²) in [6.45, 7) is -0.896. The van der Waals surface area contributed by atoms with Crippen LogP contribution < -0.4 is 16.1 Å². The molecule has 2 aromatic carbocycles. The van der Waals surface area contributed by atoms with Crippen LogP contribution in [0.4, 0.5) is 36.4 Å². The van der Waals surface area contributed by atoms with Gasteiger partial charge in [-0.2, -0.15) is 26.3 Å². The molecule has 200 valence electrons. The first-order chi connectivity index (χ1) is 17.1. The second kappa shape index (κ2) is 10.9. The molecule has 1 fully saturated rings. The number of rotatable bonds is 5. The molecule has 16 heteroatoms. The fourth-order valence-electron chi connectivity index (χ4n) is 3.30. The zero-order valence-corrected chi connectivity index (χ0v) is 19.0. The van der Waals surface area contributed by atoms with Crippen molar-refractivity contribution in [3.8, 4) is 0 Å². The molecule has 1 saturated heterocycles. The third kappa shape index (κ3) is 7.77. The molecule has 0 bridgehead atoms. The van der Waals surface area contributed by atoms with Crippen LogP contribution in [0.15, 0.2) is 47.5 Å². The number of nitrogens with one attached hydrogen (secondary N) is 3. The summed E-state index contributed by atoms with van der Waals surface area (Å²) in [5.41, 5.74) is 0.627. The summed E-state index contributed by atoms with van der Waals surface area (Å²) in [5, 5.41) is 14.3. The Morgan fingerprint density at radius 3 is 2.30 bits per heavy atom. The number of hydrogen-bond donors (Lipinski definition) is 4. The van der Waals surface area contributed by atoms with E-state index in [2.05, 4.69) is 15.6 Å². The first-order valence-electron chi connectivity index (χ1n) is 10.2. The fourth-order valence-corrected chi connectivity index (χ4v) is 3.52. The van der Waals surface area contributed by atoms with Crippen molar-refractivity contribution in [2.45, 2.75) is 31.0 Å². The van der Waals surface area contributed by atoms with E-state index in [1.165, 1.54) is 6.07 Å². The number of carboxylic acid groups (broad SMARTS) is 1. The molecule has 0 aromatic heterocycles. The van der Waals surface area contributed by atoms with Crippen molar-refractivity contribution in [3.05, 3.63) is 64.4 Å². The number of carboxylic acids is 1. The van der Waals surface area contributed by atoms with Gasteiger partial charge in [0.2, 0.25) is 5.96 Å². The minimum Gasteiger partial charge on any atom is -0.480 e. The SMILES string of the molecule is O=C(O)CN1NC(C(F)(F)F)CC1N=C(NC(=O)c1ccc(C(F)(F)F)cc1)Nc1cc(F)cc(Cl)c1. The predicted octanol–water partition coefficient (Wildman–Crippen LogP) is 4.25. The summed E-state index contributed by atoms with van der Waals surface area (Å²) in [7, 11) is 0. The van der Waals surface area contributed by atoms with E-state index in [-0.39, 0.29) is 16.3 Å². The number of alkyl halides is 6. The van der Waals surface area contributed by atoms with Gasteiger partial charge in [-0.15, -0.1) is 0 Å². The molecular formula is C21H17ClF7N5O3. The molecule has 4 N–H and O–H groups in total. The number of nitrogens with zero attached hydrogens (tertiary/aromatic N) is 2. The van der Waals surface area contributed by atoms with Crippen molar-refractivity contribution in [2.24, 2.45) is 4.99 Å². The van der Waals surface area contributed by atoms with Crippen LogP contribution in [0.3, 0.4) is 0 Å². The molecular weight excluding hydrogens is 539 g/mol. The molecule has 0 radical (unpaired) electrons. The van der Waals surface area contributed by atoms with Crippen LogP contribution in [0.2, 0.25) is 5.02 Å². The number of halogens is 8. The summed E-state index contributed by atoms with van der Waals surface area (Å²) in [6, 6.07) is 3.94. The number of benzene rings is 2. The van der Waals surface area contributed by atoms with Gasteiger partial charge in [0.05, 0.1) is 5.56 Å². The minimum atomic E-state index is -4.76. The van der Waals surface area contributed by atoms with Gasteiger partial charge >= 0.3 is 18.3 Å². The van der Waals surface area contributed by atoms with Crippen LogP contribution in [-0.2, 0) is 11.0 Å². The molecule has 2 aromatic rings. The third-order valence-corrected chi connectivity index (χ3v) is 5.16. The van der Waals surface area contributed by atoms with Crippen molar-refractivity contribution in [3.63, 3.8) is 0 Å². The molecule has 1 amide bonds. The van der Waals surface area contributed by atoms with Gasteiger partial charge < -0.3 is 10.4 Å². The molecule has 0 aliphatic carbocycles. The van der Waals surface area contributed by atoms with Gasteiger partial charge in [0, 0.05) is 22.7 Å². The van der Waals surface area contributed by atoms with Crippen molar-refractivity contribution in [1.29, 1.82) is 0 Å². The molecule has 0 spiro atoms. The summed E-state index contributed by atoms with van der Waals surface area (Å²) in [6.07, 6.45) is -11.6. The van der Waals surface area contributed by atoms with E-state index in [4.69, 9.17) is 16.7 Å². The number of hydrazine groups is 1. The standard InChI is InChI=1S/C21H17ClF7N5O3/c22-12-5-13(23)7-14(6-12)30-19(32-18(37)10-1-3-11(4-2-10)20(24,25)26)31-16-8-15(21(27,28)29)33-34(16)9-17(35)36/h1-7,15-16,33H,8-9H2,(H,35,36)(H2,30,31,32,37). The van der Waals surface area contributed by atoms with Gasteiger partial charge in [0.15, 0.2) is 0 Å². The quantitative estimate of drug-likeness (QED) is 0.250. The minimum absolute atomic E-state index is 0.0805. The number of carbonyl (C=O) groups is 2. The van der Waals surface area contributed by atoms with E-state index in [1.807, 2.05) is 5.43 Å². The van der Waals surface area contributed by atoms with Gasteiger partial charge in [0.1, 0.15) is 24.6 Å². The van der Waals surface area contributed by atoms with Crippen molar-refractivity contribution >= 4 is 35.1 Å². The Kier molecular flexibility index (Phi) is 8.29. The molecule has 2 unspecified atom stereocenters. The van der Waals surface area contributed by atoms with E-state index in [0.717, 1.165) is 24.3 Å². The van der Waals surface area contributed by atoms with Crippen molar-refractivity contribution < 1.29 is 45.4 Å². The lowest BCUT2D eigenvalue weighted by atomic mass is 10.1. The molecule has 1 aliphatic heterocycles. The number of anilines is 1. The summed E-state index contributed by atoms with van der Waals surface area (Å²) in [4.78, 5) is 27.8. The van der Waals surface area contributed by atoms with Crippen molar-refractivity contribution in [2.75, 3.05) is 11.9 Å². The van der Waals surface area contributed by atoms with E-state index < -0.39 is 66.7 Å². The normalized spacial score (nSPS) is 19.1. The van der Waals surface area contributed by atoms with Gasteiger partial charge in [-0.1, -0.05) is 11.6 Å². The number of amides is 1. The second-order valence-corrected chi connectivity index (χ2v) is 8.19. The monoisotopic (exact) mass is 555 g/mol. The van der Waals surface area contributed by atoms with Gasteiger partial charge in [-0.3, -0.25) is 14.9 Å². The maximum atomic E-state index is 13.8. The molecule has 0 saturated carbocycles. The van der Waals surface area contributed by atoms with Crippen LogP contribution in [0, 0.1) is 5.82 Å². The fraction of sp³-hybridized carbons (Fsp3) is 0.286. The Hall–Kier alpha value is -3.43. The van der Waals surface area contributed by atoms with Crippen LogP contribution in [0.25, 0.3) is 0 Å². The predicted molar refractivity (Wildman–Crippen MR) is 117 cm³/mol. The zero-order chi connectivity index (χ0) is 27.5. The highest BCUT2D eigenvalue weighted by molar-refractivity contribution is 6.31. The lowest BCUT2D eigenvalue weighted by Gasteiger charge is -2.21. The average molecular weight is 556 g/mol. The number of hydrogen-bond acceptors (Lipinski definition) is 5. The third-order valence-electron chi connectivity index (χ3n) is 4.94. The van der Waals surface area contributed by atoms with Crippen LogP contribution in [0.1, 0.15) is 22.3 Å². The largest absolute Gasteiger partial charge is 0.480 e. The van der Waals surface area contributed by atoms with Crippen LogP contribution in [-0.4, -0.2) is 52.9 Å². The van der Waals surface area contributed by atoms with E-state index >= 15 is 0 Å². The van der Waals surface area contributed by atoms with Crippen molar-refractivity contribution in [1.82, 2.24) is 15.8 Å². The average Bonchev–Trinajstić information content (AvgIpc) is 3.14. The highest BCUT2D eigenvalue weighted by Crippen LogP contribution is 2.30. The molecule has 2 atom stereocenters. The Morgan fingerprint density at radius 2 is 1.76 bits per heavy atom. The van der Waals surface area contributed by atoms with Gasteiger partial charge in [-0.25, -0.2) is 19.8 Å². The van der Waals surface area contributed by atoms with Gasteiger partial charge in [-0.05, 0) is 42.5 Å². The maximum Gasteiger partial charge on any atom is 0.416 e. The molecule has 1 heterocycles. The lowest BCUT2D eigenvalue weighted by Crippen LogP contribution is -2.47. The highest BCUT2D eigenvalue weighted by Gasteiger charge is 2.48. The number of guanidine groups is 1. The van der Waals surface area contributed by atoms with E-state index in [1.54, 1.807) is 0 Å². The maximum absolute atomic E-state index is 13.8. The number of carbonyl (C=O) groups excluding carboxylic acids is 1. The van der Waals surface area contributed by atoms with Crippen LogP contribution >= 0.6 is 11.6 Å². The topological polar surface area (TPSA) is 106 Å². The summed E-state index contributed by atoms with van der Waals surface area (Å²) < 4.78 is 92.0. The molecule has 3 rings (SSSR count). The van der Waals surface area contributed by atoms with E-state index in [0.29, 0.717) is 17.1 Å². The Morgan fingerprint density at radius 1 is 1.11 bits per heavy atom. The first-order valence-corrected chi connectivity index (χ1v) is 10.6. The molecule has 1 aliphatic rings. The Balaban J connectivity index is 1.93. The highest BCUT2D eigenvalue weighted by atomic mass is 35.5. The Labute approximate surface area is 209 Å². The van der Waals surface area contributed by atoms with Gasteiger partial charge in [0.25, 0.3) is 5.91 Å². The van der Waals surface area contributed by atoms with Crippen LogP contribution in [0.5, 0.6) is 0 Å². The Bertz CT molecular complexity index is 1170. The first kappa shape index (κ1) is 28.1. The molecule has 8 nitrogen and oxygen atoms in total.